The van der Waals surface area contributed by atoms with Gasteiger partial charge < -0.3 is 10.2 Å². The van der Waals surface area contributed by atoms with Crippen molar-refractivity contribution in [1.82, 2.24) is 10.2 Å². The summed E-state index contributed by atoms with van der Waals surface area (Å²) in [4.78, 5) is 25.1. The van der Waals surface area contributed by atoms with Gasteiger partial charge in [-0.25, -0.2) is 4.39 Å². The molecule has 2 rings (SSSR count). The van der Waals surface area contributed by atoms with Gasteiger partial charge in [0.05, 0.1) is 0 Å². The maximum absolute atomic E-state index is 13.4. The van der Waals surface area contributed by atoms with Crippen LogP contribution in [0.15, 0.2) is 18.2 Å². The first-order valence-electron chi connectivity index (χ1n) is 6.79. The van der Waals surface area contributed by atoms with Crippen LogP contribution in [0.25, 0.3) is 0 Å². The predicted molar refractivity (Wildman–Crippen MR) is 73.4 cm³/mol. The van der Waals surface area contributed by atoms with Gasteiger partial charge >= 0.3 is 0 Å². The summed E-state index contributed by atoms with van der Waals surface area (Å²) in [5.74, 6) is -0.523. The molecule has 0 aliphatic carbocycles. The monoisotopic (exact) mass is 278 g/mol. The number of aryl methyl sites for hydroxylation is 1. The van der Waals surface area contributed by atoms with Gasteiger partial charge in [0, 0.05) is 20.0 Å². The van der Waals surface area contributed by atoms with Crippen molar-refractivity contribution in [1.29, 1.82) is 0 Å². The summed E-state index contributed by atoms with van der Waals surface area (Å²) in [7, 11) is 0. The van der Waals surface area contributed by atoms with E-state index in [0.29, 0.717) is 24.1 Å². The van der Waals surface area contributed by atoms with E-state index in [9.17, 15) is 14.0 Å². The number of nitrogens with one attached hydrogen (secondary N) is 1. The second kappa shape index (κ2) is 6.03. The van der Waals surface area contributed by atoms with E-state index in [2.05, 4.69) is 5.32 Å². The third-order valence-corrected chi connectivity index (χ3v) is 3.66. The van der Waals surface area contributed by atoms with E-state index in [4.69, 9.17) is 0 Å². The fourth-order valence-electron chi connectivity index (χ4n) is 2.47. The molecular weight excluding hydrogens is 259 g/mol. The lowest BCUT2D eigenvalue weighted by atomic mass is 10.1. The first-order chi connectivity index (χ1) is 9.49. The molecule has 1 atom stereocenters. The molecule has 108 valence electrons. The number of hydrogen-bond acceptors (Lipinski definition) is 2. The second-order valence-electron chi connectivity index (χ2n) is 5.17. The van der Waals surface area contributed by atoms with Gasteiger partial charge in [-0.15, -0.1) is 0 Å². The summed E-state index contributed by atoms with van der Waals surface area (Å²) in [6.07, 6.45) is 1.53. The molecular formula is C15H19FN2O2. The van der Waals surface area contributed by atoms with E-state index >= 15 is 0 Å². The van der Waals surface area contributed by atoms with Crippen molar-refractivity contribution in [2.45, 2.75) is 39.3 Å². The van der Waals surface area contributed by atoms with Crippen LogP contribution in [0.4, 0.5) is 4.39 Å². The van der Waals surface area contributed by atoms with Crippen molar-refractivity contribution in [2.24, 2.45) is 0 Å². The normalized spacial score (nSPS) is 18.1. The molecule has 5 heteroatoms. The van der Waals surface area contributed by atoms with Crippen LogP contribution in [-0.4, -0.2) is 29.3 Å². The summed E-state index contributed by atoms with van der Waals surface area (Å²) < 4.78 is 13.4. The van der Waals surface area contributed by atoms with E-state index in [1.54, 1.807) is 24.0 Å². The molecule has 1 unspecified atom stereocenters. The van der Waals surface area contributed by atoms with Gasteiger partial charge in [-0.3, -0.25) is 9.59 Å². The largest absolute Gasteiger partial charge is 0.350 e. The highest BCUT2D eigenvalue weighted by atomic mass is 19.1. The number of carbonyl (C=O) groups is 2. The number of carbonyl (C=O) groups excluding carboxylic acids is 2. The molecule has 0 saturated carbocycles. The number of halogens is 1. The van der Waals surface area contributed by atoms with E-state index < -0.39 is 0 Å². The third kappa shape index (κ3) is 3.15. The summed E-state index contributed by atoms with van der Waals surface area (Å²) in [6, 6.07) is 4.51. The highest BCUT2D eigenvalue weighted by Gasteiger charge is 2.31. The van der Waals surface area contributed by atoms with E-state index in [0.717, 1.165) is 6.42 Å². The van der Waals surface area contributed by atoms with Crippen molar-refractivity contribution in [3.05, 3.63) is 35.1 Å². The zero-order valence-corrected chi connectivity index (χ0v) is 11.8. The molecule has 0 bridgehead atoms. The number of amides is 2. The van der Waals surface area contributed by atoms with Gasteiger partial charge in [-0.05, 0) is 37.0 Å². The Morgan fingerprint density at radius 1 is 1.45 bits per heavy atom. The quantitative estimate of drug-likeness (QED) is 0.916. The summed E-state index contributed by atoms with van der Waals surface area (Å²) in [5, 5.41) is 2.77. The zero-order chi connectivity index (χ0) is 14.7. The number of rotatable bonds is 3. The SMILES string of the molecule is CC(=O)N1CCCC1C(=O)NCc1ccc(C)c(F)c1. The average Bonchev–Trinajstić information content (AvgIpc) is 2.89. The van der Waals surface area contributed by atoms with Crippen LogP contribution in [0.1, 0.15) is 30.9 Å². The van der Waals surface area contributed by atoms with Crippen molar-refractivity contribution >= 4 is 11.8 Å². The Morgan fingerprint density at radius 2 is 2.20 bits per heavy atom. The molecule has 0 radical (unpaired) electrons. The van der Waals surface area contributed by atoms with E-state index in [1.165, 1.54) is 13.0 Å². The van der Waals surface area contributed by atoms with E-state index in [1.807, 2.05) is 0 Å². The fraction of sp³-hybridized carbons (Fsp3) is 0.467. The summed E-state index contributed by atoms with van der Waals surface area (Å²) in [5.41, 5.74) is 1.30. The predicted octanol–water partition coefficient (Wildman–Crippen LogP) is 1.76. The van der Waals surface area contributed by atoms with Gasteiger partial charge in [0.15, 0.2) is 0 Å². The van der Waals surface area contributed by atoms with Crippen molar-refractivity contribution in [2.75, 3.05) is 6.54 Å². The maximum Gasteiger partial charge on any atom is 0.243 e. The first kappa shape index (κ1) is 14.5. The Labute approximate surface area is 118 Å². The molecule has 1 fully saturated rings. The topological polar surface area (TPSA) is 49.4 Å². The van der Waals surface area contributed by atoms with Crippen molar-refractivity contribution in [3.63, 3.8) is 0 Å². The molecule has 1 saturated heterocycles. The molecule has 1 aromatic rings. The number of hydrogen-bond donors (Lipinski definition) is 1. The van der Waals surface area contributed by atoms with Gasteiger partial charge in [0.1, 0.15) is 11.9 Å². The van der Waals surface area contributed by atoms with Crippen LogP contribution in [0.2, 0.25) is 0 Å². The molecule has 1 aromatic carbocycles. The lowest BCUT2D eigenvalue weighted by Gasteiger charge is -2.22. The Balaban J connectivity index is 1.94. The van der Waals surface area contributed by atoms with Crippen LogP contribution in [-0.2, 0) is 16.1 Å². The maximum atomic E-state index is 13.4. The number of nitrogens with zero attached hydrogens (tertiary/aromatic N) is 1. The molecule has 0 spiro atoms. The lowest BCUT2D eigenvalue weighted by Crippen LogP contribution is -2.44. The standard InChI is InChI=1S/C15H19FN2O2/c1-10-5-6-12(8-13(10)16)9-17-15(20)14-4-3-7-18(14)11(2)19/h5-6,8,14H,3-4,7,9H2,1-2H3,(H,17,20). The van der Waals surface area contributed by atoms with Crippen LogP contribution in [0, 0.1) is 12.7 Å². The minimum absolute atomic E-state index is 0.0796. The van der Waals surface area contributed by atoms with Gasteiger partial charge in [-0.2, -0.15) is 0 Å². The zero-order valence-electron chi connectivity index (χ0n) is 11.8. The Morgan fingerprint density at radius 3 is 2.85 bits per heavy atom. The fourth-order valence-corrected chi connectivity index (χ4v) is 2.47. The highest BCUT2D eigenvalue weighted by molar-refractivity contribution is 5.87. The number of likely N-dealkylation sites (tertiary alicyclic amines) is 1. The van der Waals surface area contributed by atoms with Crippen molar-refractivity contribution < 1.29 is 14.0 Å². The molecule has 1 aliphatic heterocycles. The molecule has 0 aromatic heterocycles. The molecule has 1 aliphatic rings. The van der Waals surface area contributed by atoms with Gasteiger partial charge in [-0.1, -0.05) is 12.1 Å². The molecule has 1 N–H and O–H groups in total. The van der Waals surface area contributed by atoms with Crippen molar-refractivity contribution in [3.8, 4) is 0 Å². The minimum atomic E-state index is -0.386. The number of benzene rings is 1. The Bertz CT molecular complexity index is 531. The first-order valence-corrected chi connectivity index (χ1v) is 6.79. The highest BCUT2D eigenvalue weighted by Crippen LogP contribution is 2.17. The summed E-state index contributed by atoms with van der Waals surface area (Å²) in [6.45, 7) is 4.08. The smallest absolute Gasteiger partial charge is 0.243 e. The minimum Gasteiger partial charge on any atom is -0.350 e. The van der Waals surface area contributed by atoms with E-state index in [-0.39, 0.29) is 30.2 Å². The van der Waals surface area contributed by atoms with Crippen LogP contribution >= 0.6 is 0 Å². The average molecular weight is 278 g/mol. The van der Waals surface area contributed by atoms with Crippen LogP contribution in [0.5, 0.6) is 0 Å². The Kier molecular flexibility index (Phi) is 4.37. The molecule has 1 heterocycles. The van der Waals surface area contributed by atoms with Gasteiger partial charge in [0.25, 0.3) is 0 Å². The van der Waals surface area contributed by atoms with Crippen LogP contribution in [0.3, 0.4) is 0 Å². The second-order valence-corrected chi connectivity index (χ2v) is 5.17. The summed E-state index contributed by atoms with van der Waals surface area (Å²) >= 11 is 0. The Hall–Kier alpha value is -1.91. The lowest BCUT2D eigenvalue weighted by molar-refractivity contribution is -0.136. The van der Waals surface area contributed by atoms with Crippen LogP contribution < -0.4 is 5.32 Å². The molecule has 2 amide bonds. The van der Waals surface area contributed by atoms with Gasteiger partial charge in [0.2, 0.25) is 11.8 Å². The third-order valence-electron chi connectivity index (χ3n) is 3.66. The molecule has 4 nitrogen and oxygen atoms in total. The molecule has 20 heavy (non-hydrogen) atoms.